The number of carbonyl (C=O) groups is 2. The van der Waals surface area contributed by atoms with E-state index in [-0.39, 0.29) is 24.2 Å². The van der Waals surface area contributed by atoms with Crippen molar-refractivity contribution in [3.63, 3.8) is 0 Å². The molecule has 0 bridgehead atoms. The Kier molecular flexibility index (Phi) is 4.20. The SMILES string of the molecule is CCOC(=O)[C@]12C[C@H](CC)[C@@]1(c1ccccc1)N=C(OCC)C2=O. The molecule has 1 aromatic rings. The van der Waals surface area contributed by atoms with Crippen molar-refractivity contribution in [2.24, 2.45) is 16.3 Å². The van der Waals surface area contributed by atoms with Gasteiger partial charge in [-0.15, -0.1) is 0 Å². The summed E-state index contributed by atoms with van der Waals surface area (Å²) in [6, 6.07) is 9.59. The van der Waals surface area contributed by atoms with Gasteiger partial charge in [0.05, 0.1) is 13.2 Å². The van der Waals surface area contributed by atoms with Crippen molar-refractivity contribution in [1.82, 2.24) is 0 Å². The number of benzene rings is 1. The van der Waals surface area contributed by atoms with Gasteiger partial charge in [0.15, 0.2) is 5.41 Å². The Bertz CT molecular complexity index is 684. The second-order valence-corrected chi connectivity index (χ2v) is 6.25. The molecule has 0 saturated heterocycles. The molecule has 0 radical (unpaired) electrons. The minimum Gasteiger partial charge on any atom is -0.476 e. The third-order valence-corrected chi connectivity index (χ3v) is 5.27. The van der Waals surface area contributed by atoms with E-state index < -0.39 is 16.9 Å². The molecule has 0 spiro atoms. The molecule has 5 nitrogen and oxygen atoms in total. The summed E-state index contributed by atoms with van der Waals surface area (Å²) in [5.74, 6) is -0.657. The number of Topliss-reactive ketones (excluding diaryl/α,β-unsaturated/α-hetero) is 1. The molecular formula is C19H23NO4. The Labute approximate surface area is 142 Å². The maximum Gasteiger partial charge on any atom is 0.323 e. The predicted octanol–water partition coefficient (Wildman–Crippen LogP) is 2.88. The molecule has 0 aromatic heterocycles. The molecule has 1 aliphatic carbocycles. The molecule has 128 valence electrons. The molecule has 1 fully saturated rings. The molecule has 0 unspecified atom stereocenters. The first-order valence-electron chi connectivity index (χ1n) is 8.58. The Morgan fingerprint density at radius 1 is 1.21 bits per heavy atom. The number of hydrogen-bond donors (Lipinski definition) is 0. The van der Waals surface area contributed by atoms with Crippen LogP contribution in [0.5, 0.6) is 0 Å². The number of aliphatic imine (C=N–C) groups is 1. The Morgan fingerprint density at radius 2 is 1.92 bits per heavy atom. The lowest BCUT2D eigenvalue weighted by atomic mass is 9.45. The third kappa shape index (κ3) is 1.90. The van der Waals surface area contributed by atoms with Crippen molar-refractivity contribution in [3.8, 4) is 0 Å². The second kappa shape index (κ2) is 6.04. The van der Waals surface area contributed by atoms with E-state index in [0.29, 0.717) is 13.0 Å². The lowest BCUT2D eigenvalue weighted by molar-refractivity contribution is -0.179. The van der Waals surface area contributed by atoms with Gasteiger partial charge in [-0.3, -0.25) is 9.59 Å². The van der Waals surface area contributed by atoms with Crippen LogP contribution in [0.15, 0.2) is 35.3 Å². The van der Waals surface area contributed by atoms with Gasteiger partial charge < -0.3 is 9.47 Å². The number of nitrogens with zero attached hydrogens (tertiary/aromatic N) is 1. The molecule has 1 saturated carbocycles. The highest BCUT2D eigenvalue weighted by Crippen LogP contribution is 2.67. The molecule has 1 heterocycles. The zero-order valence-electron chi connectivity index (χ0n) is 14.4. The largest absolute Gasteiger partial charge is 0.476 e. The van der Waals surface area contributed by atoms with E-state index >= 15 is 0 Å². The summed E-state index contributed by atoms with van der Waals surface area (Å²) < 4.78 is 10.8. The number of carbonyl (C=O) groups excluding carboxylic acids is 2. The summed E-state index contributed by atoms with van der Waals surface area (Å²) in [6.07, 6.45) is 1.28. The van der Waals surface area contributed by atoms with E-state index in [1.54, 1.807) is 13.8 Å². The smallest absolute Gasteiger partial charge is 0.323 e. The van der Waals surface area contributed by atoms with Crippen LogP contribution in [0.1, 0.15) is 39.2 Å². The standard InChI is InChI=1S/C19H23NO4/c1-4-13-12-18(17(22)24-6-3)15(21)16(23-5-2)20-19(13,18)14-10-8-7-9-11-14/h7-11,13H,4-6,12H2,1-3H3/t13-,18+,19-/m0/s1. The van der Waals surface area contributed by atoms with Crippen LogP contribution in [0, 0.1) is 11.3 Å². The molecule has 24 heavy (non-hydrogen) atoms. The van der Waals surface area contributed by atoms with Gasteiger partial charge in [0.1, 0.15) is 5.54 Å². The Hall–Kier alpha value is -2.17. The quantitative estimate of drug-likeness (QED) is 0.615. The fraction of sp³-hybridized carbons (Fsp3) is 0.526. The minimum absolute atomic E-state index is 0.0605. The number of ether oxygens (including phenoxy) is 2. The van der Waals surface area contributed by atoms with E-state index in [0.717, 1.165) is 12.0 Å². The van der Waals surface area contributed by atoms with Crippen LogP contribution in [0.2, 0.25) is 0 Å². The lowest BCUT2D eigenvalue weighted by Crippen LogP contribution is -2.65. The summed E-state index contributed by atoms with van der Waals surface area (Å²) in [5, 5.41) is 0. The average molecular weight is 329 g/mol. The maximum atomic E-state index is 13.1. The van der Waals surface area contributed by atoms with Crippen LogP contribution in [0.3, 0.4) is 0 Å². The number of hydrogen-bond acceptors (Lipinski definition) is 5. The highest BCUT2D eigenvalue weighted by molar-refractivity contribution is 6.45. The molecule has 3 atom stereocenters. The van der Waals surface area contributed by atoms with Gasteiger partial charge >= 0.3 is 5.97 Å². The molecule has 1 aromatic carbocycles. The number of ketones is 1. The second-order valence-electron chi connectivity index (χ2n) is 6.25. The number of rotatable bonds is 5. The summed E-state index contributed by atoms with van der Waals surface area (Å²) in [7, 11) is 0. The highest BCUT2D eigenvalue weighted by Gasteiger charge is 2.78. The van der Waals surface area contributed by atoms with E-state index in [4.69, 9.17) is 14.5 Å². The van der Waals surface area contributed by atoms with Crippen molar-refractivity contribution < 1.29 is 19.1 Å². The van der Waals surface area contributed by atoms with Crippen LogP contribution in [-0.2, 0) is 24.6 Å². The molecule has 1 aliphatic heterocycles. The molecule has 0 amide bonds. The first kappa shape index (κ1) is 16.7. The van der Waals surface area contributed by atoms with Crippen LogP contribution in [0.4, 0.5) is 0 Å². The van der Waals surface area contributed by atoms with Crippen molar-refractivity contribution in [2.75, 3.05) is 13.2 Å². The van der Waals surface area contributed by atoms with E-state index in [2.05, 4.69) is 6.92 Å². The normalized spacial score (nSPS) is 31.0. The van der Waals surface area contributed by atoms with Gasteiger partial charge in [0.25, 0.3) is 5.90 Å². The summed E-state index contributed by atoms with van der Waals surface area (Å²) in [4.78, 5) is 30.6. The average Bonchev–Trinajstić information content (AvgIpc) is 2.76. The molecule has 3 rings (SSSR count). The molecule has 0 N–H and O–H groups in total. The zero-order valence-corrected chi connectivity index (χ0v) is 14.4. The monoisotopic (exact) mass is 329 g/mol. The van der Waals surface area contributed by atoms with Gasteiger partial charge in [-0.2, -0.15) is 0 Å². The predicted molar refractivity (Wildman–Crippen MR) is 89.7 cm³/mol. The highest BCUT2D eigenvalue weighted by atomic mass is 16.5. The minimum atomic E-state index is -1.28. The Balaban J connectivity index is 2.20. The van der Waals surface area contributed by atoms with Crippen molar-refractivity contribution in [2.45, 2.75) is 39.2 Å². The van der Waals surface area contributed by atoms with E-state index in [1.807, 2.05) is 30.3 Å². The van der Waals surface area contributed by atoms with Crippen molar-refractivity contribution >= 4 is 17.7 Å². The molecular weight excluding hydrogens is 306 g/mol. The van der Waals surface area contributed by atoms with E-state index in [9.17, 15) is 9.59 Å². The van der Waals surface area contributed by atoms with Crippen molar-refractivity contribution in [3.05, 3.63) is 35.9 Å². The molecule has 2 aliphatic rings. The summed E-state index contributed by atoms with van der Waals surface area (Å²) >= 11 is 0. The fourth-order valence-corrected chi connectivity index (χ4v) is 4.24. The third-order valence-electron chi connectivity index (χ3n) is 5.27. The topological polar surface area (TPSA) is 65.0 Å². The van der Waals surface area contributed by atoms with Crippen LogP contribution in [-0.4, -0.2) is 30.9 Å². The van der Waals surface area contributed by atoms with Gasteiger partial charge in [-0.1, -0.05) is 43.7 Å². The Morgan fingerprint density at radius 3 is 2.50 bits per heavy atom. The maximum absolute atomic E-state index is 13.1. The first-order chi connectivity index (χ1) is 11.6. The fourth-order valence-electron chi connectivity index (χ4n) is 4.24. The summed E-state index contributed by atoms with van der Waals surface area (Å²) in [5.41, 5.74) is -1.31. The molecule has 5 heteroatoms. The van der Waals surface area contributed by atoms with Gasteiger partial charge in [0, 0.05) is 0 Å². The van der Waals surface area contributed by atoms with Gasteiger partial charge in [-0.05, 0) is 31.7 Å². The summed E-state index contributed by atoms with van der Waals surface area (Å²) in [6.45, 7) is 6.19. The zero-order chi connectivity index (χ0) is 17.4. The number of esters is 1. The van der Waals surface area contributed by atoms with Crippen LogP contribution >= 0.6 is 0 Å². The lowest BCUT2D eigenvalue weighted by Gasteiger charge is -2.55. The van der Waals surface area contributed by atoms with Crippen LogP contribution < -0.4 is 0 Å². The van der Waals surface area contributed by atoms with Gasteiger partial charge in [0.2, 0.25) is 5.78 Å². The van der Waals surface area contributed by atoms with E-state index in [1.165, 1.54) is 0 Å². The van der Waals surface area contributed by atoms with Crippen molar-refractivity contribution in [1.29, 1.82) is 0 Å². The number of fused-ring (bicyclic) bond motifs is 1. The van der Waals surface area contributed by atoms with Gasteiger partial charge in [-0.25, -0.2) is 4.99 Å². The first-order valence-corrected chi connectivity index (χ1v) is 8.58. The van der Waals surface area contributed by atoms with Crippen LogP contribution in [0.25, 0.3) is 0 Å².